The predicted octanol–water partition coefficient (Wildman–Crippen LogP) is 1.87. The average molecular weight is 315 g/mol. The van der Waals surface area contributed by atoms with E-state index in [9.17, 15) is 14.0 Å². The summed E-state index contributed by atoms with van der Waals surface area (Å²) in [5.41, 5.74) is 0. The summed E-state index contributed by atoms with van der Waals surface area (Å²) in [7, 11) is 1.48. The Morgan fingerprint density at radius 3 is 2.71 bits per heavy atom. The van der Waals surface area contributed by atoms with Crippen molar-refractivity contribution in [2.75, 3.05) is 32.6 Å². The Bertz CT molecular complexity index is 484. The van der Waals surface area contributed by atoms with Gasteiger partial charge in [0.1, 0.15) is 12.4 Å². The van der Waals surface area contributed by atoms with Gasteiger partial charge < -0.3 is 14.7 Å². The lowest BCUT2D eigenvalue weighted by atomic mass is 10.3. The Morgan fingerprint density at radius 2 is 2.10 bits per heavy atom. The summed E-state index contributed by atoms with van der Waals surface area (Å²) in [5.74, 6) is -1.28. The van der Waals surface area contributed by atoms with E-state index in [-0.39, 0.29) is 37.8 Å². The molecule has 0 radical (unpaired) electrons. The van der Waals surface area contributed by atoms with Crippen LogP contribution in [0.3, 0.4) is 0 Å². The van der Waals surface area contributed by atoms with E-state index < -0.39 is 5.97 Å². The van der Waals surface area contributed by atoms with Crippen LogP contribution < -0.4 is 0 Å². The molecule has 0 aliphatic rings. The molecule has 0 aliphatic heterocycles. The molecule has 0 saturated carbocycles. The molecule has 0 aliphatic carbocycles. The second-order valence-electron chi connectivity index (χ2n) is 4.23. The molecule has 0 spiro atoms. The summed E-state index contributed by atoms with van der Waals surface area (Å²) in [4.78, 5) is 24.4. The van der Waals surface area contributed by atoms with Crippen LogP contribution in [0.15, 0.2) is 29.2 Å². The SMILES string of the molecule is COCCN(CC(=O)O)C(=O)CCSc1ccccc1F. The van der Waals surface area contributed by atoms with Gasteiger partial charge >= 0.3 is 5.97 Å². The van der Waals surface area contributed by atoms with Crippen LogP contribution in [-0.2, 0) is 14.3 Å². The first kappa shape index (κ1) is 17.5. The number of amides is 1. The van der Waals surface area contributed by atoms with Gasteiger partial charge in [-0.25, -0.2) is 4.39 Å². The van der Waals surface area contributed by atoms with E-state index in [2.05, 4.69) is 0 Å². The molecule has 0 saturated heterocycles. The molecule has 0 bridgehead atoms. The van der Waals surface area contributed by atoms with Crippen LogP contribution in [0.4, 0.5) is 4.39 Å². The molecule has 1 amide bonds. The maximum atomic E-state index is 13.4. The highest BCUT2D eigenvalue weighted by Crippen LogP contribution is 2.21. The van der Waals surface area contributed by atoms with Crippen LogP contribution in [0, 0.1) is 5.82 Å². The third-order valence-electron chi connectivity index (χ3n) is 2.65. The van der Waals surface area contributed by atoms with Crippen molar-refractivity contribution in [3.05, 3.63) is 30.1 Å². The van der Waals surface area contributed by atoms with Crippen molar-refractivity contribution < 1.29 is 23.8 Å². The molecule has 7 heteroatoms. The molecule has 1 N–H and O–H groups in total. The molecule has 1 aromatic carbocycles. The van der Waals surface area contributed by atoms with Crippen molar-refractivity contribution in [3.63, 3.8) is 0 Å². The lowest BCUT2D eigenvalue weighted by Crippen LogP contribution is -2.38. The van der Waals surface area contributed by atoms with E-state index in [1.165, 1.54) is 29.8 Å². The molecule has 1 aromatic rings. The molecule has 116 valence electrons. The molecule has 5 nitrogen and oxygen atoms in total. The fraction of sp³-hybridized carbons (Fsp3) is 0.429. The highest BCUT2D eigenvalue weighted by atomic mass is 32.2. The van der Waals surface area contributed by atoms with E-state index >= 15 is 0 Å². The predicted molar refractivity (Wildman–Crippen MR) is 77.8 cm³/mol. The number of carboxylic acids is 1. The van der Waals surface area contributed by atoms with Crippen LogP contribution in [-0.4, -0.2) is 54.4 Å². The van der Waals surface area contributed by atoms with Crippen molar-refractivity contribution in [2.24, 2.45) is 0 Å². The first-order chi connectivity index (χ1) is 10.0. The first-order valence-corrected chi connectivity index (χ1v) is 7.39. The summed E-state index contributed by atoms with van der Waals surface area (Å²) >= 11 is 1.23. The van der Waals surface area contributed by atoms with Crippen LogP contribution >= 0.6 is 11.8 Å². The van der Waals surface area contributed by atoms with Crippen molar-refractivity contribution in [1.29, 1.82) is 0 Å². The second kappa shape index (κ2) is 9.36. The highest BCUT2D eigenvalue weighted by molar-refractivity contribution is 7.99. The number of carboxylic acid groups (broad SMARTS) is 1. The smallest absolute Gasteiger partial charge is 0.323 e. The quantitative estimate of drug-likeness (QED) is 0.705. The van der Waals surface area contributed by atoms with Gasteiger partial charge in [0, 0.05) is 30.7 Å². The first-order valence-electron chi connectivity index (χ1n) is 6.40. The van der Waals surface area contributed by atoms with Gasteiger partial charge in [0.2, 0.25) is 5.91 Å². The number of aliphatic carboxylic acids is 1. The van der Waals surface area contributed by atoms with Crippen LogP contribution in [0.2, 0.25) is 0 Å². The molecule has 0 unspecified atom stereocenters. The number of methoxy groups -OCH3 is 1. The van der Waals surface area contributed by atoms with Crippen molar-refractivity contribution in [2.45, 2.75) is 11.3 Å². The van der Waals surface area contributed by atoms with Crippen LogP contribution in [0.1, 0.15) is 6.42 Å². The monoisotopic (exact) mass is 315 g/mol. The average Bonchev–Trinajstić information content (AvgIpc) is 2.45. The Hall–Kier alpha value is -1.60. The van der Waals surface area contributed by atoms with E-state index in [4.69, 9.17) is 9.84 Å². The van der Waals surface area contributed by atoms with E-state index in [0.717, 1.165) is 0 Å². The van der Waals surface area contributed by atoms with Gasteiger partial charge in [0.25, 0.3) is 0 Å². The maximum absolute atomic E-state index is 13.4. The number of carbonyl (C=O) groups excluding carboxylic acids is 1. The van der Waals surface area contributed by atoms with Gasteiger partial charge in [-0.1, -0.05) is 12.1 Å². The van der Waals surface area contributed by atoms with Gasteiger partial charge in [-0.15, -0.1) is 11.8 Å². The van der Waals surface area contributed by atoms with Crippen molar-refractivity contribution >= 4 is 23.6 Å². The lowest BCUT2D eigenvalue weighted by Gasteiger charge is -2.20. The number of hydrogen-bond donors (Lipinski definition) is 1. The van der Waals surface area contributed by atoms with E-state index in [0.29, 0.717) is 10.6 Å². The summed E-state index contributed by atoms with van der Waals surface area (Å²) in [6.07, 6.45) is 0.149. The number of ether oxygens (including phenoxy) is 1. The lowest BCUT2D eigenvalue weighted by molar-refractivity contribution is -0.144. The molecular formula is C14H18FNO4S. The van der Waals surface area contributed by atoms with Crippen molar-refractivity contribution in [1.82, 2.24) is 4.90 Å². The normalized spacial score (nSPS) is 10.4. The largest absolute Gasteiger partial charge is 0.480 e. The van der Waals surface area contributed by atoms with E-state index in [1.54, 1.807) is 18.2 Å². The molecular weight excluding hydrogens is 297 g/mol. The zero-order valence-electron chi connectivity index (χ0n) is 11.8. The summed E-state index contributed by atoms with van der Waals surface area (Å²) < 4.78 is 18.3. The number of hydrogen-bond acceptors (Lipinski definition) is 4. The molecule has 0 atom stereocenters. The zero-order valence-corrected chi connectivity index (χ0v) is 12.6. The molecule has 0 heterocycles. The highest BCUT2D eigenvalue weighted by Gasteiger charge is 2.16. The molecule has 1 rings (SSSR count). The molecule has 21 heavy (non-hydrogen) atoms. The fourth-order valence-corrected chi connectivity index (χ4v) is 2.50. The van der Waals surface area contributed by atoms with Crippen LogP contribution in [0.25, 0.3) is 0 Å². The third-order valence-corrected chi connectivity index (χ3v) is 3.70. The maximum Gasteiger partial charge on any atom is 0.323 e. The Morgan fingerprint density at radius 1 is 1.38 bits per heavy atom. The van der Waals surface area contributed by atoms with Gasteiger partial charge in [0.15, 0.2) is 0 Å². The Balaban J connectivity index is 2.45. The number of nitrogens with zero attached hydrogens (tertiary/aromatic N) is 1. The second-order valence-corrected chi connectivity index (χ2v) is 5.37. The minimum absolute atomic E-state index is 0.149. The summed E-state index contributed by atoms with van der Waals surface area (Å²) in [5, 5.41) is 8.78. The van der Waals surface area contributed by atoms with Gasteiger partial charge in [0.05, 0.1) is 6.61 Å². The number of halogens is 1. The standard InChI is InChI=1S/C14H18FNO4S/c1-20-8-7-16(10-14(18)19)13(17)6-9-21-12-5-3-2-4-11(12)15/h2-5H,6-10H2,1H3,(H,18,19). The van der Waals surface area contributed by atoms with Crippen LogP contribution in [0.5, 0.6) is 0 Å². The zero-order chi connectivity index (χ0) is 15.7. The van der Waals surface area contributed by atoms with E-state index in [1.807, 2.05) is 0 Å². The number of benzene rings is 1. The molecule has 0 fully saturated rings. The minimum atomic E-state index is -1.07. The number of rotatable bonds is 9. The summed E-state index contributed by atoms with van der Waals surface area (Å²) in [6, 6.07) is 6.33. The molecule has 0 aromatic heterocycles. The number of carbonyl (C=O) groups is 2. The minimum Gasteiger partial charge on any atom is -0.480 e. The number of thioether (sulfide) groups is 1. The Labute approximate surface area is 127 Å². The van der Waals surface area contributed by atoms with Gasteiger partial charge in [-0.2, -0.15) is 0 Å². The summed E-state index contributed by atoms with van der Waals surface area (Å²) in [6.45, 7) is 0.151. The fourth-order valence-electron chi connectivity index (χ4n) is 1.62. The third kappa shape index (κ3) is 6.59. The van der Waals surface area contributed by atoms with Gasteiger partial charge in [-0.05, 0) is 12.1 Å². The van der Waals surface area contributed by atoms with Crippen molar-refractivity contribution in [3.8, 4) is 0 Å². The topological polar surface area (TPSA) is 66.8 Å². The van der Waals surface area contributed by atoms with Gasteiger partial charge in [-0.3, -0.25) is 9.59 Å². The Kier molecular flexibility index (Phi) is 7.78.